The molecule has 1 heterocycles. The predicted octanol–water partition coefficient (Wildman–Crippen LogP) is 1.95. The van der Waals surface area contributed by atoms with E-state index in [4.69, 9.17) is 9.47 Å². The highest BCUT2D eigenvalue weighted by atomic mass is 32.2. The molecule has 2 atom stereocenters. The van der Waals surface area contributed by atoms with Crippen LogP contribution in [0.25, 0.3) is 0 Å². The van der Waals surface area contributed by atoms with Crippen molar-refractivity contribution in [2.45, 2.75) is 56.6 Å². The second-order valence-corrected chi connectivity index (χ2v) is 9.00. The zero-order valence-corrected chi connectivity index (χ0v) is 18.0. The lowest BCUT2D eigenvalue weighted by molar-refractivity contribution is -0.139. The Morgan fingerprint density at radius 2 is 1.66 bits per heavy atom. The van der Waals surface area contributed by atoms with Crippen LogP contribution < -0.4 is 4.72 Å². The van der Waals surface area contributed by atoms with Gasteiger partial charge in [0.05, 0.1) is 17.1 Å². The zero-order chi connectivity index (χ0) is 21.4. The standard InChI is InChI=1S/C20H30N2O6S/c1-15(14-27-3)21-29(25,26)18-10-8-17(9-11-18)20(24)28-16(2)19(23)22-12-6-4-5-7-13-22/h8-11,15-16,21H,4-7,12-14H2,1-3H3/t15-,16+/m1/s1. The van der Waals surface area contributed by atoms with Crippen LogP contribution in [0.4, 0.5) is 0 Å². The molecule has 1 aliphatic rings. The number of nitrogens with one attached hydrogen (secondary N) is 1. The number of rotatable bonds is 8. The highest BCUT2D eigenvalue weighted by molar-refractivity contribution is 7.89. The number of carbonyl (C=O) groups excluding carboxylic acids is 2. The molecule has 29 heavy (non-hydrogen) atoms. The third-order valence-electron chi connectivity index (χ3n) is 4.72. The third-order valence-corrected chi connectivity index (χ3v) is 6.33. The van der Waals surface area contributed by atoms with E-state index in [0.29, 0.717) is 13.1 Å². The molecule has 0 spiro atoms. The first kappa shape index (κ1) is 23.3. The van der Waals surface area contributed by atoms with Gasteiger partial charge in [0, 0.05) is 26.2 Å². The molecule has 2 rings (SSSR count). The van der Waals surface area contributed by atoms with Crippen molar-refractivity contribution in [3.8, 4) is 0 Å². The summed E-state index contributed by atoms with van der Waals surface area (Å²) >= 11 is 0. The minimum absolute atomic E-state index is 0.0331. The van der Waals surface area contributed by atoms with Crippen LogP contribution in [0.2, 0.25) is 0 Å². The Bertz CT molecular complexity index is 786. The number of likely N-dealkylation sites (tertiary alicyclic amines) is 1. The SMILES string of the molecule is COC[C@@H](C)NS(=O)(=O)c1ccc(C(=O)O[C@@H](C)C(=O)N2CCCCCC2)cc1. The molecular weight excluding hydrogens is 396 g/mol. The molecule has 1 aromatic rings. The molecule has 8 nitrogen and oxygen atoms in total. The van der Waals surface area contributed by atoms with Gasteiger partial charge in [0.1, 0.15) is 0 Å². The van der Waals surface area contributed by atoms with Crippen LogP contribution in [-0.2, 0) is 24.3 Å². The average Bonchev–Trinajstić information content (AvgIpc) is 2.96. The van der Waals surface area contributed by atoms with Gasteiger partial charge < -0.3 is 14.4 Å². The molecule has 1 aromatic carbocycles. The summed E-state index contributed by atoms with van der Waals surface area (Å²) in [5.41, 5.74) is 0.185. The first-order chi connectivity index (χ1) is 13.7. The molecule has 0 radical (unpaired) electrons. The van der Waals surface area contributed by atoms with Crippen molar-refractivity contribution in [3.05, 3.63) is 29.8 Å². The summed E-state index contributed by atoms with van der Waals surface area (Å²) in [6, 6.07) is 5.03. The molecule has 1 aliphatic heterocycles. The summed E-state index contributed by atoms with van der Waals surface area (Å²) in [6.45, 7) is 4.86. The van der Waals surface area contributed by atoms with Gasteiger partial charge in [-0.3, -0.25) is 4.79 Å². The Morgan fingerprint density at radius 3 is 2.21 bits per heavy atom. The number of methoxy groups -OCH3 is 1. The quantitative estimate of drug-likeness (QED) is 0.638. The number of ether oxygens (including phenoxy) is 2. The van der Waals surface area contributed by atoms with Crippen LogP contribution >= 0.6 is 0 Å². The number of hydrogen-bond acceptors (Lipinski definition) is 6. The number of benzene rings is 1. The largest absolute Gasteiger partial charge is 0.449 e. The maximum absolute atomic E-state index is 12.5. The molecule has 0 aliphatic carbocycles. The summed E-state index contributed by atoms with van der Waals surface area (Å²) < 4.78 is 37.4. The van der Waals surface area contributed by atoms with E-state index in [-0.39, 0.29) is 29.0 Å². The van der Waals surface area contributed by atoms with Gasteiger partial charge in [0.25, 0.3) is 5.91 Å². The van der Waals surface area contributed by atoms with E-state index in [1.165, 1.54) is 31.4 Å². The Balaban J connectivity index is 1.98. The lowest BCUT2D eigenvalue weighted by Crippen LogP contribution is -2.40. The van der Waals surface area contributed by atoms with Gasteiger partial charge in [0.2, 0.25) is 10.0 Å². The number of amides is 1. The Hall–Kier alpha value is -1.97. The van der Waals surface area contributed by atoms with Gasteiger partial charge >= 0.3 is 5.97 Å². The maximum Gasteiger partial charge on any atom is 0.338 e. The third kappa shape index (κ3) is 6.80. The minimum Gasteiger partial charge on any atom is -0.449 e. The van der Waals surface area contributed by atoms with Crippen LogP contribution in [0.15, 0.2) is 29.2 Å². The van der Waals surface area contributed by atoms with Gasteiger partial charge in [-0.2, -0.15) is 0 Å². The number of hydrogen-bond donors (Lipinski definition) is 1. The predicted molar refractivity (Wildman–Crippen MR) is 108 cm³/mol. The van der Waals surface area contributed by atoms with E-state index in [1.54, 1.807) is 18.7 Å². The van der Waals surface area contributed by atoms with Crippen molar-refractivity contribution >= 4 is 21.9 Å². The summed E-state index contributed by atoms with van der Waals surface area (Å²) in [5.74, 6) is -0.860. The van der Waals surface area contributed by atoms with Crippen molar-refractivity contribution in [1.82, 2.24) is 9.62 Å². The fourth-order valence-corrected chi connectivity index (χ4v) is 4.44. The molecular formula is C20H30N2O6S. The number of carbonyl (C=O) groups is 2. The zero-order valence-electron chi connectivity index (χ0n) is 17.2. The molecule has 0 saturated carbocycles. The molecule has 9 heteroatoms. The van der Waals surface area contributed by atoms with Crippen LogP contribution in [-0.4, -0.2) is 64.1 Å². The summed E-state index contributed by atoms with van der Waals surface area (Å²) in [4.78, 5) is 26.6. The van der Waals surface area contributed by atoms with E-state index in [0.717, 1.165) is 25.7 Å². The Morgan fingerprint density at radius 1 is 1.07 bits per heavy atom. The lowest BCUT2D eigenvalue weighted by Gasteiger charge is -2.24. The average molecular weight is 427 g/mol. The van der Waals surface area contributed by atoms with Crippen molar-refractivity contribution < 1.29 is 27.5 Å². The van der Waals surface area contributed by atoms with Crippen molar-refractivity contribution in [1.29, 1.82) is 0 Å². The van der Waals surface area contributed by atoms with E-state index >= 15 is 0 Å². The maximum atomic E-state index is 12.5. The monoisotopic (exact) mass is 426 g/mol. The Labute approximate surface area is 172 Å². The van der Waals surface area contributed by atoms with Gasteiger partial charge in [-0.05, 0) is 51.0 Å². The highest BCUT2D eigenvalue weighted by Gasteiger charge is 2.25. The van der Waals surface area contributed by atoms with E-state index in [9.17, 15) is 18.0 Å². The normalized spacial score (nSPS) is 17.3. The molecule has 1 fully saturated rings. The number of esters is 1. The lowest BCUT2D eigenvalue weighted by atomic mass is 10.2. The van der Waals surface area contributed by atoms with Gasteiger partial charge in [-0.15, -0.1) is 0 Å². The minimum atomic E-state index is -3.72. The van der Waals surface area contributed by atoms with Crippen LogP contribution in [0.3, 0.4) is 0 Å². The molecule has 0 aromatic heterocycles. The molecule has 0 bridgehead atoms. The van der Waals surface area contributed by atoms with Crippen LogP contribution in [0, 0.1) is 0 Å². The first-order valence-corrected chi connectivity index (χ1v) is 11.3. The summed E-state index contributed by atoms with van der Waals surface area (Å²) in [6.07, 6.45) is 3.23. The van der Waals surface area contributed by atoms with E-state index in [1.807, 2.05) is 0 Å². The number of sulfonamides is 1. The topological polar surface area (TPSA) is 102 Å². The molecule has 0 unspecified atom stereocenters. The molecule has 1 N–H and O–H groups in total. The number of nitrogens with zero attached hydrogens (tertiary/aromatic N) is 1. The molecule has 162 valence electrons. The van der Waals surface area contributed by atoms with Gasteiger partial charge in [-0.25, -0.2) is 17.9 Å². The fourth-order valence-electron chi connectivity index (χ4n) is 3.21. The highest BCUT2D eigenvalue weighted by Crippen LogP contribution is 2.15. The van der Waals surface area contributed by atoms with Crippen LogP contribution in [0.1, 0.15) is 49.9 Å². The Kier molecular flexibility index (Phi) is 8.60. The summed E-state index contributed by atoms with van der Waals surface area (Å²) in [7, 11) is -2.23. The molecule has 1 amide bonds. The first-order valence-electron chi connectivity index (χ1n) is 9.85. The smallest absolute Gasteiger partial charge is 0.338 e. The van der Waals surface area contributed by atoms with Crippen molar-refractivity contribution in [3.63, 3.8) is 0 Å². The van der Waals surface area contributed by atoms with Gasteiger partial charge in [0.15, 0.2) is 6.10 Å². The second kappa shape index (κ2) is 10.7. The molecule has 1 saturated heterocycles. The van der Waals surface area contributed by atoms with Crippen molar-refractivity contribution in [2.75, 3.05) is 26.8 Å². The van der Waals surface area contributed by atoms with E-state index in [2.05, 4.69) is 4.72 Å². The van der Waals surface area contributed by atoms with Crippen molar-refractivity contribution in [2.24, 2.45) is 0 Å². The summed E-state index contributed by atoms with van der Waals surface area (Å²) in [5, 5.41) is 0. The van der Waals surface area contributed by atoms with Gasteiger partial charge in [-0.1, -0.05) is 12.8 Å². The second-order valence-electron chi connectivity index (χ2n) is 7.29. The fraction of sp³-hybridized carbons (Fsp3) is 0.600. The van der Waals surface area contributed by atoms with Crippen LogP contribution in [0.5, 0.6) is 0 Å². The van der Waals surface area contributed by atoms with E-state index < -0.39 is 22.1 Å².